The van der Waals surface area contributed by atoms with Crippen molar-refractivity contribution in [3.63, 3.8) is 0 Å². The molecule has 0 bridgehead atoms. The third kappa shape index (κ3) is 3.52. The molecule has 2 rings (SSSR count). The Bertz CT molecular complexity index is 556. The highest BCUT2D eigenvalue weighted by atomic mass is 35.5. The van der Waals surface area contributed by atoms with Crippen molar-refractivity contribution in [3.05, 3.63) is 45.4 Å². The predicted molar refractivity (Wildman–Crippen MR) is 76.4 cm³/mol. The summed E-state index contributed by atoms with van der Waals surface area (Å²) in [6.45, 7) is 4.50. The van der Waals surface area contributed by atoms with Crippen LogP contribution in [0, 0.1) is 0 Å². The molecule has 0 saturated heterocycles. The second-order valence-electron chi connectivity index (χ2n) is 4.37. The van der Waals surface area contributed by atoms with Gasteiger partial charge in [-0.05, 0) is 31.0 Å². The zero-order chi connectivity index (χ0) is 13.8. The minimum absolute atomic E-state index is 0.0791. The summed E-state index contributed by atoms with van der Waals surface area (Å²) >= 11 is 6.83. The molecule has 0 fully saturated rings. The summed E-state index contributed by atoms with van der Waals surface area (Å²) in [4.78, 5) is 14.1. The zero-order valence-corrected chi connectivity index (χ0v) is 12.3. The Morgan fingerprint density at radius 1 is 1.32 bits per heavy atom. The maximum atomic E-state index is 12.4. The fraction of sp³-hybridized carbons (Fsp3) is 0.308. The van der Waals surface area contributed by atoms with Crippen LogP contribution in [-0.4, -0.2) is 27.0 Å². The van der Waals surface area contributed by atoms with Gasteiger partial charge in [0.25, 0.3) is 5.91 Å². The van der Waals surface area contributed by atoms with Crippen LogP contribution >= 0.6 is 22.9 Å². The van der Waals surface area contributed by atoms with Crippen molar-refractivity contribution in [2.75, 3.05) is 0 Å². The number of rotatable bonds is 4. The van der Waals surface area contributed by atoms with Crippen LogP contribution in [0.4, 0.5) is 0 Å². The van der Waals surface area contributed by atoms with Crippen LogP contribution < -0.4 is 0 Å². The van der Waals surface area contributed by atoms with Gasteiger partial charge in [0.1, 0.15) is 0 Å². The quantitative estimate of drug-likeness (QED) is 0.870. The number of amides is 1. The number of carbonyl (C=O) groups is 1. The molecule has 2 aromatic rings. The monoisotopic (exact) mass is 295 g/mol. The van der Waals surface area contributed by atoms with Crippen LogP contribution in [0.5, 0.6) is 0 Å². The van der Waals surface area contributed by atoms with Gasteiger partial charge in [-0.3, -0.25) is 4.79 Å². The van der Waals surface area contributed by atoms with Gasteiger partial charge in [-0.2, -0.15) is 0 Å². The second kappa shape index (κ2) is 6.12. The van der Waals surface area contributed by atoms with Gasteiger partial charge in [-0.25, -0.2) is 0 Å². The van der Waals surface area contributed by atoms with Crippen LogP contribution in [0.3, 0.4) is 0 Å². The van der Waals surface area contributed by atoms with Gasteiger partial charge < -0.3 is 4.90 Å². The van der Waals surface area contributed by atoms with Crippen molar-refractivity contribution in [2.24, 2.45) is 0 Å². The van der Waals surface area contributed by atoms with E-state index >= 15 is 0 Å². The molecule has 6 heteroatoms. The van der Waals surface area contributed by atoms with E-state index in [2.05, 4.69) is 10.2 Å². The third-order valence-corrected chi connectivity index (χ3v) is 3.67. The first-order chi connectivity index (χ1) is 9.08. The molecule has 0 unspecified atom stereocenters. The van der Waals surface area contributed by atoms with E-state index in [0.29, 0.717) is 11.6 Å². The van der Waals surface area contributed by atoms with Crippen molar-refractivity contribution in [1.29, 1.82) is 0 Å². The molecule has 1 heterocycles. The summed E-state index contributed by atoms with van der Waals surface area (Å²) < 4.78 is 0.284. The van der Waals surface area contributed by atoms with E-state index < -0.39 is 0 Å². The van der Waals surface area contributed by atoms with E-state index in [0.717, 1.165) is 16.9 Å². The summed E-state index contributed by atoms with van der Waals surface area (Å²) in [5, 5.41) is 7.81. The summed E-state index contributed by atoms with van der Waals surface area (Å²) in [6.07, 6.45) is 0. The number of carbonyl (C=O) groups excluding carboxylic acids is 1. The molecule has 0 radical (unpaired) electrons. The lowest BCUT2D eigenvalue weighted by Gasteiger charge is -2.25. The molecule has 0 aliphatic rings. The van der Waals surface area contributed by atoms with Crippen molar-refractivity contribution in [3.8, 4) is 0 Å². The molecule has 0 aliphatic heterocycles. The van der Waals surface area contributed by atoms with Gasteiger partial charge in [-0.15, -0.1) is 10.2 Å². The van der Waals surface area contributed by atoms with Gasteiger partial charge in [0.15, 0.2) is 0 Å². The molecule has 0 saturated carbocycles. The Morgan fingerprint density at radius 2 is 2.00 bits per heavy atom. The van der Waals surface area contributed by atoms with Gasteiger partial charge in [0.05, 0.1) is 0 Å². The molecule has 1 amide bonds. The van der Waals surface area contributed by atoms with Crippen LogP contribution in [0.1, 0.15) is 29.2 Å². The number of benzene rings is 1. The number of halogens is 1. The van der Waals surface area contributed by atoms with Gasteiger partial charge >= 0.3 is 0 Å². The molecule has 0 aliphatic carbocycles. The number of nitrogens with zero attached hydrogens (tertiary/aromatic N) is 3. The van der Waals surface area contributed by atoms with Gasteiger partial charge in [0.2, 0.25) is 9.47 Å². The highest BCUT2D eigenvalue weighted by Crippen LogP contribution is 2.19. The molecular formula is C13H14ClN3OS. The number of hydrogen-bond donors (Lipinski definition) is 0. The van der Waals surface area contributed by atoms with Crippen molar-refractivity contribution < 1.29 is 4.79 Å². The van der Waals surface area contributed by atoms with E-state index in [1.807, 2.05) is 44.2 Å². The predicted octanol–water partition coefficient (Wildman–Crippen LogP) is 3.24. The average molecular weight is 296 g/mol. The lowest BCUT2D eigenvalue weighted by Crippen LogP contribution is -2.36. The standard InChI is InChI=1S/C13H14ClN3OS/c1-9(2)17(8-10-6-4-3-5-7-10)12(18)11-15-16-13(14)19-11/h3-7,9H,8H2,1-2H3. The minimum atomic E-state index is -0.136. The summed E-state index contributed by atoms with van der Waals surface area (Å²) in [5.74, 6) is -0.136. The number of hydrogen-bond acceptors (Lipinski definition) is 4. The molecule has 1 aromatic heterocycles. The molecule has 0 atom stereocenters. The molecule has 4 nitrogen and oxygen atoms in total. The molecule has 19 heavy (non-hydrogen) atoms. The first kappa shape index (κ1) is 14.0. The normalized spacial score (nSPS) is 10.7. The number of aromatic nitrogens is 2. The second-order valence-corrected chi connectivity index (χ2v) is 5.93. The smallest absolute Gasteiger partial charge is 0.285 e. The van der Waals surface area contributed by atoms with E-state index in [1.165, 1.54) is 0 Å². The first-order valence-corrected chi connectivity index (χ1v) is 7.11. The lowest BCUT2D eigenvalue weighted by molar-refractivity contribution is 0.0689. The average Bonchev–Trinajstić information content (AvgIpc) is 2.83. The van der Waals surface area contributed by atoms with E-state index in [1.54, 1.807) is 4.90 Å². The van der Waals surface area contributed by atoms with E-state index in [-0.39, 0.29) is 16.4 Å². The Kier molecular flexibility index (Phi) is 4.50. The molecule has 100 valence electrons. The maximum Gasteiger partial charge on any atom is 0.285 e. The molecule has 1 aromatic carbocycles. The lowest BCUT2D eigenvalue weighted by atomic mass is 10.2. The largest absolute Gasteiger partial charge is 0.330 e. The molecule has 0 spiro atoms. The topological polar surface area (TPSA) is 46.1 Å². The highest BCUT2D eigenvalue weighted by molar-refractivity contribution is 7.17. The van der Waals surface area contributed by atoms with Crippen LogP contribution in [-0.2, 0) is 6.54 Å². The van der Waals surface area contributed by atoms with Crippen LogP contribution in [0.2, 0.25) is 4.47 Å². The van der Waals surface area contributed by atoms with Crippen molar-refractivity contribution in [2.45, 2.75) is 26.4 Å². The minimum Gasteiger partial charge on any atom is -0.330 e. The Hall–Kier alpha value is -1.46. The van der Waals surface area contributed by atoms with E-state index in [4.69, 9.17) is 11.6 Å². The summed E-state index contributed by atoms with van der Waals surface area (Å²) in [5.41, 5.74) is 1.08. The maximum absolute atomic E-state index is 12.4. The molecular weight excluding hydrogens is 282 g/mol. The van der Waals surface area contributed by atoms with Gasteiger partial charge in [-0.1, -0.05) is 41.7 Å². The summed E-state index contributed by atoms with van der Waals surface area (Å²) in [6, 6.07) is 9.94. The van der Waals surface area contributed by atoms with Gasteiger partial charge in [0, 0.05) is 12.6 Å². The van der Waals surface area contributed by atoms with Crippen LogP contribution in [0.15, 0.2) is 30.3 Å². The zero-order valence-electron chi connectivity index (χ0n) is 10.7. The van der Waals surface area contributed by atoms with Crippen LogP contribution in [0.25, 0.3) is 0 Å². The fourth-order valence-corrected chi connectivity index (χ4v) is 2.47. The molecule has 0 N–H and O–H groups in total. The Labute approximate surface area is 121 Å². The summed E-state index contributed by atoms with van der Waals surface area (Å²) in [7, 11) is 0. The highest BCUT2D eigenvalue weighted by Gasteiger charge is 2.22. The third-order valence-electron chi connectivity index (χ3n) is 2.66. The van der Waals surface area contributed by atoms with E-state index in [9.17, 15) is 4.79 Å². The van der Waals surface area contributed by atoms with Crippen molar-refractivity contribution in [1.82, 2.24) is 15.1 Å². The SMILES string of the molecule is CC(C)N(Cc1ccccc1)C(=O)c1nnc(Cl)s1. The Morgan fingerprint density at radius 3 is 2.53 bits per heavy atom. The van der Waals surface area contributed by atoms with Crippen molar-refractivity contribution >= 4 is 28.8 Å². The first-order valence-electron chi connectivity index (χ1n) is 5.92. The fourth-order valence-electron chi connectivity index (χ4n) is 1.68. The Balaban J connectivity index is 2.19.